The van der Waals surface area contributed by atoms with Crippen molar-refractivity contribution in [2.75, 3.05) is 0 Å². The van der Waals surface area contributed by atoms with Gasteiger partial charge in [0.15, 0.2) is 11.5 Å². The van der Waals surface area contributed by atoms with Crippen LogP contribution in [0.1, 0.15) is 54.7 Å². The van der Waals surface area contributed by atoms with Crippen molar-refractivity contribution < 1.29 is 8.91 Å². The Balaban J connectivity index is 1.59. The molecule has 2 aliphatic carbocycles. The topological polar surface area (TPSA) is 82.8 Å². The van der Waals surface area contributed by atoms with Crippen molar-refractivity contribution in [3.63, 3.8) is 0 Å². The third-order valence-electron chi connectivity index (χ3n) is 5.83. The van der Waals surface area contributed by atoms with Gasteiger partial charge in [0.1, 0.15) is 11.5 Å². The normalized spacial score (nSPS) is 18.2. The first-order chi connectivity index (χ1) is 13.0. The highest BCUT2D eigenvalue weighted by molar-refractivity contribution is 5.58. The van der Waals surface area contributed by atoms with E-state index in [1.54, 1.807) is 10.7 Å². The molecule has 0 saturated heterocycles. The summed E-state index contributed by atoms with van der Waals surface area (Å²) in [6, 6.07) is 5.19. The van der Waals surface area contributed by atoms with Gasteiger partial charge in [-0.2, -0.15) is 10.1 Å². The number of benzene rings is 1. The van der Waals surface area contributed by atoms with E-state index >= 15 is 0 Å². The molecule has 0 bridgehead atoms. The monoisotopic (exact) mass is 367 g/mol. The molecule has 0 unspecified atom stereocenters. The Morgan fingerprint density at radius 2 is 2.00 bits per heavy atom. The minimum Gasteiger partial charge on any atom is -0.332 e. The SMILES string of the molecule is Cc1ccc(-n2nc(-c3nc(C4(N)CCCC4)no3)c3c2CCC3)c(F)c1. The zero-order valence-electron chi connectivity index (χ0n) is 15.3. The molecule has 1 saturated carbocycles. The number of hydrogen-bond acceptors (Lipinski definition) is 5. The molecule has 27 heavy (non-hydrogen) atoms. The summed E-state index contributed by atoms with van der Waals surface area (Å²) in [5, 5.41) is 8.81. The zero-order valence-corrected chi connectivity index (χ0v) is 15.3. The molecule has 2 aromatic heterocycles. The van der Waals surface area contributed by atoms with E-state index < -0.39 is 5.54 Å². The van der Waals surface area contributed by atoms with Gasteiger partial charge in [0.25, 0.3) is 5.89 Å². The Morgan fingerprint density at radius 3 is 2.78 bits per heavy atom. The van der Waals surface area contributed by atoms with Crippen LogP contribution >= 0.6 is 0 Å². The van der Waals surface area contributed by atoms with E-state index in [2.05, 4.69) is 15.2 Å². The maximum atomic E-state index is 14.5. The van der Waals surface area contributed by atoms with Crippen molar-refractivity contribution in [1.82, 2.24) is 19.9 Å². The summed E-state index contributed by atoms with van der Waals surface area (Å²) in [5.74, 6) is 0.654. The Kier molecular flexibility index (Phi) is 3.69. The molecule has 1 aromatic carbocycles. The molecule has 0 amide bonds. The lowest BCUT2D eigenvalue weighted by molar-refractivity contribution is 0.372. The average Bonchev–Trinajstić information content (AvgIpc) is 3.39. The number of nitrogens with zero attached hydrogens (tertiary/aromatic N) is 4. The number of rotatable bonds is 3. The molecular formula is C20H22FN5O. The highest BCUT2D eigenvalue weighted by atomic mass is 19.1. The molecule has 0 spiro atoms. The van der Waals surface area contributed by atoms with Crippen LogP contribution in [0.5, 0.6) is 0 Å². The Hall–Kier alpha value is -2.54. The molecular weight excluding hydrogens is 345 g/mol. The van der Waals surface area contributed by atoms with Crippen molar-refractivity contribution in [3.05, 3.63) is 46.7 Å². The molecule has 2 heterocycles. The van der Waals surface area contributed by atoms with Gasteiger partial charge < -0.3 is 10.3 Å². The zero-order chi connectivity index (χ0) is 18.6. The second kappa shape index (κ2) is 5.99. The standard InChI is InChI=1S/C20H22FN5O/c1-12-7-8-16(14(21)11-12)26-15-6-4-5-13(15)17(24-26)18-23-19(25-27-18)20(22)9-2-3-10-20/h7-8,11H,2-6,9-10,22H2,1H3. The van der Waals surface area contributed by atoms with Crippen molar-refractivity contribution in [3.8, 4) is 17.3 Å². The molecule has 7 heteroatoms. The van der Waals surface area contributed by atoms with Crippen LogP contribution in [0.25, 0.3) is 17.3 Å². The lowest BCUT2D eigenvalue weighted by Gasteiger charge is -2.17. The van der Waals surface area contributed by atoms with E-state index in [4.69, 9.17) is 10.3 Å². The van der Waals surface area contributed by atoms with E-state index in [1.807, 2.05) is 13.0 Å². The van der Waals surface area contributed by atoms with Crippen LogP contribution in [0.15, 0.2) is 22.7 Å². The summed E-state index contributed by atoms with van der Waals surface area (Å²) in [7, 11) is 0. The smallest absolute Gasteiger partial charge is 0.278 e. The third-order valence-corrected chi connectivity index (χ3v) is 5.83. The first kappa shape index (κ1) is 16.6. The van der Waals surface area contributed by atoms with Gasteiger partial charge in [-0.1, -0.05) is 24.1 Å². The Labute approximate surface area is 156 Å². The summed E-state index contributed by atoms with van der Waals surface area (Å²) in [4.78, 5) is 4.58. The summed E-state index contributed by atoms with van der Waals surface area (Å²) in [6.45, 7) is 1.87. The van der Waals surface area contributed by atoms with Crippen LogP contribution < -0.4 is 5.73 Å². The van der Waals surface area contributed by atoms with Crippen LogP contribution in [0.3, 0.4) is 0 Å². The second-order valence-electron chi connectivity index (χ2n) is 7.78. The summed E-state index contributed by atoms with van der Waals surface area (Å²) in [5.41, 5.74) is 10.0. The molecule has 0 radical (unpaired) electrons. The third kappa shape index (κ3) is 2.60. The number of aromatic nitrogens is 4. The maximum Gasteiger partial charge on any atom is 0.278 e. The lowest BCUT2D eigenvalue weighted by Crippen LogP contribution is -2.34. The minimum atomic E-state index is -0.503. The fourth-order valence-corrected chi connectivity index (χ4v) is 4.34. The molecule has 2 aliphatic rings. The van der Waals surface area contributed by atoms with Gasteiger partial charge in [-0.15, -0.1) is 0 Å². The lowest BCUT2D eigenvalue weighted by atomic mass is 9.99. The van der Waals surface area contributed by atoms with Crippen LogP contribution in [0, 0.1) is 12.7 Å². The minimum absolute atomic E-state index is 0.281. The highest BCUT2D eigenvalue weighted by Crippen LogP contribution is 2.37. The number of halogens is 1. The van der Waals surface area contributed by atoms with Crippen LogP contribution in [-0.2, 0) is 18.4 Å². The van der Waals surface area contributed by atoms with E-state index in [9.17, 15) is 4.39 Å². The Bertz CT molecular complexity index is 1020. The maximum absolute atomic E-state index is 14.5. The number of hydrogen-bond donors (Lipinski definition) is 1. The Morgan fingerprint density at radius 1 is 1.19 bits per heavy atom. The number of fused-ring (bicyclic) bond motifs is 1. The molecule has 5 rings (SSSR count). The molecule has 3 aromatic rings. The first-order valence-corrected chi connectivity index (χ1v) is 9.56. The van der Waals surface area contributed by atoms with E-state index in [-0.39, 0.29) is 5.82 Å². The van der Waals surface area contributed by atoms with Crippen molar-refractivity contribution >= 4 is 0 Å². The van der Waals surface area contributed by atoms with E-state index in [1.165, 1.54) is 6.07 Å². The van der Waals surface area contributed by atoms with Crippen molar-refractivity contribution in [1.29, 1.82) is 0 Å². The van der Waals surface area contributed by atoms with Gasteiger partial charge >= 0.3 is 0 Å². The largest absolute Gasteiger partial charge is 0.332 e. The van der Waals surface area contributed by atoms with Crippen molar-refractivity contribution in [2.24, 2.45) is 5.73 Å². The molecule has 0 atom stereocenters. The van der Waals surface area contributed by atoms with E-state index in [0.29, 0.717) is 23.1 Å². The van der Waals surface area contributed by atoms with Gasteiger partial charge in [-0.3, -0.25) is 0 Å². The molecule has 140 valence electrons. The van der Waals surface area contributed by atoms with Crippen LogP contribution in [-0.4, -0.2) is 19.9 Å². The van der Waals surface area contributed by atoms with Gasteiger partial charge in [0.2, 0.25) is 0 Å². The molecule has 6 nitrogen and oxygen atoms in total. The first-order valence-electron chi connectivity index (χ1n) is 9.56. The van der Waals surface area contributed by atoms with Crippen LogP contribution in [0.4, 0.5) is 4.39 Å². The van der Waals surface area contributed by atoms with E-state index in [0.717, 1.165) is 61.8 Å². The van der Waals surface area contributed by atoms with Crippen molar-refractivity contribution in [2.45, 2.75) is 57.4 Å². The molecule has 2 N–H and O–H groups in total. The number of aryl methyl sites for hydroxylation is 1. The van der Waals surface area contributed by atoms with Gasteiger partial charge in [-0.25, -0.2) is 9.07 Å². The highest BCUT2D eigenvalue weighted by Gasteiger charge is 2.37. The average molecular weight is 367 g/mol. The fourth-order valence-electron chi connectivity index (χ4n) is 4.34. The second-order valence-corrected chi connectivity index (χ2v) is 7.78. The number of nitrogens with two attached hydrogens (primary N) is 1. The fraction of sp³-hybridized carbons (Fsp3) is 0.450. The molecule has 0 aliphatic heterocycles. The predicted octanol–water partition coefficient (Wildman–Crippen LogP) is 3.59. The van der Waals surface area contributed by atoms with Gasteiger partial charge in [0.05, 0.1) is 5.54 Å². The predicted molar refractivity (Wildman–Crippen MR) is 97.9 cm³/mol. The quantitative estimate of drug-likeness (QED) is 0.765. The van der Waals surface area contributed by atoms with Crippen LogP contribution in [0.2, 0.25) is 0 Å². The molecule has 1 fully saturated rings. The summed E-state index contributed by atoms with van der Waals surface area (Å²) < 4.78 is 21.8. The van der Waals surface area contributed by atoms with Gasteiger partial charge in [-0.05, 0) is 56.7 Å². The summed E-state index contributed by atoms with van der Waals surface area (Å²) >= 11 is 0. The van der Waals surface area contributed by atoms with Gasteiger partial charge in [0, 0.05) is 11.3 Å². The summed E-state index contributed by atoms with van der Waals surface area (Å²) in [6.07, 6.45) is 6.64.